The van der Waals surface area contributed by atoms with Crippen LogP contribution in [0.2, 0.25) is 0 Å². The molecule has 148 valence electrons. The first kappa shape index (κ1) is 18.9. The number of hydrogen-bond acceptors (Lipinski definition) is 4. The van der Waals surface area contributed by atoms with Gasteiger partial charge < -0.3 is 20.7 Å². The summed E-state index contributed by atoms with van der Waals surface area (Å²) in [6.07, 6.45) is 1.72. The monoisotopic (exact) mass is 392 g/mol. The summed E-state index contributed by atoms with van der Waals surface area (Å²) in [5.74, 6) is 0.122. The Labute approximate surface area is 166 Å². The molecule has 1 atom stereocenters. The molecule has 0 aliphatic carbocycles. The van der Waals surface area contributed by atoms with Gasteiger partial charge in [-0.05, 0) is 48.7 Å². The number of nitrogens with zero attached hydrogens (tertiary/aromatic N) is 1. The maximum atomic E-state index is 13.8. The first-order valence-electron chi connectivity index (χ1n) is 9.35. The molecule has 4 aromatic rings. The molecule has 0 aliphatic heterocycles. The molecule has 0 unspecified atom stereocenters. The van der Waals surface area contributed by atoms with Crippen LogP contribution in [0.25, 0.3) is 21.7 Å². The number of hydrogen-bond donors (Lipinski definition) is 4. The SMILES string of the molecule is C[C@@H](CO)Nc1cc2cc(C(=O)NCc3cc4c(F)cccc4[nH]3)ccc2cn1. The predicted molar refractivity (Wildman–Crippen MR) is 111 cm³/mol. The van der Waals surface area contributed by atoms with Crippen LogP contribution in [0.5, 0.6) is 0 Å². The maximum absolute atomic E-state index is 13.8. The Bertz CT molecular complexity index is 1190. The van der Waals surface area contributed by atoms with Crippen molar-refractivity contribution in [3.63, 3.8) is 0 Å². The van der Waals surface area contributed by atoms with E-state index in [1.54, 1.807) is 36.5 Å². The zero-order chi connectivity index (χ0) is 20.4. The van der Waals surface area contributed by atoms with Gasteiger partial charge in [-0.3, -0.25) is 4.79 Å². The minimum atomic E-state index is -0.292. The Morgan fingerprint density at radius 3 is 2.86 bits per heavy atom. The van der Waals surface area contributed by atoms with E-state index < -0.39 is 0 Å². The molecule has 0 fully saturated rings. The molecule has 0 aliphatic rings. The van der Waals surface area contributed by atoms with Crippen LogP contribution in [-0.4, -0.2) is 33.6 Å². The second-order valence-corrected chi connectivity index (χ2v) is 7.04. The van der Waals surface area contributed by atoms with E-state index in [0.29, 0.717) is 22.3 Å². The van der Waals surface area contributed by atoms with Crippen LogP contribution in [0.15, 0.2) is 54.7 Å². The quantitative estimate of drug-likeness (QED) is 0.404. The van der Waals surface area contributed by atoms with Crippen molar-refractivity contribution in [3.05, 3.63) is 71.8 Å². The molecule has 7 heteroatoms. The number of rotatable bonds is 6. The molecule has 1 amide bonds. The summed E-state index contributed by atoms with van der Waals surface area (Å²) >= 11 is 0. The number of anilines is 1. The highest BCUT2D eigenvalue weighted by Crippen LogP contribution is 2.20. The lowest BCUT2D eigenvalue weighted by Crippen LogP contribution is -2.22. The van der Waals surface area contributed by atoms with E-state index >= 15 is 0 Å². The third-order valence-electron chi connectivity index (χ3n) is 4.76. The lowest BCUT2D eigenvalue weighted by atomic mass is 10.1. The van der Waals surface area contributed by atoms with Crippen LogP contribution in [0.3, 0.4) is 0 Å². The number of fused-ring (bicyclic) bond motifs is 2. The van der Waals surface area contributed by atoms with Crippen LogP contribution in [0.4, 0.5) is 10.2 Å². The van der Waals surface area contributed by atoms with Crippen molar-refractivity contribution in [1.29, 1.82) is 0 Å². The zero-order valence-corrected chi connectivity index (χ0v) is 15.9. The molecule has 0 radical (unpaired) electrons. The second kappa shape index (κ2) is 7.89. The zero-order valence-electron chi connectivity index (χ0n) is 15.9. The minimum absolute atomic E-state index is 0.000181. The number of aliphatic hydroxyl groups is 1. The summed E-state index contributed by atoms with van der Waals surface area (Å²) in [6.45, 7) is 2.12. The summed E-state index contributed by atoms with van der Waals surface area (Å²) in [6, 6.07) is 13.7. The number of benzene rings is 2. The van der Waals surface area contributed by atoms with Crippen molar-refractivity contribution in [1.82, 2.24) is 15.3 Å². The Kier molecular flexibility index (Phi) is 5.14. The van der Waals surface area contributed by atoms with Crippen molar-refractivity contribution in [2.45, 2.75) is 19.5 Å². The smallest absolute Gasteiger partial charge is 0.251 e. The fraction of sp³-hybridized carbons (Fsp3) is 0.182. The molecule has 4 N–H and O–H groups in total. The van der Waals surface area contributed by atoms with Gasteiger partial charge in [0.05, 0.1) is 13.2 Å². The molecule has 2 heterocycles. The topological polar surface area (TPSA) is 90.0 Å². The average Bonchev–Trinajstić information content (AvgIpc) is 3.16. The second-order valence-electron chi connectivity index (χ2n) is 7.04. The molecule has 0 spiro atoms. The molecule has 4 rings (SSSR count). The van der Waals surface area contributed by atoms with Crippen molar-refractivity contribution >= 4 is 33.4 Å². The lowest BCUT2D eigenvalue weighted by molar-refractivity contribution is 0.0950. The van der Waals surface area contributed by atoms with E-state index in [1.807, 2.05) is 19.1 Å². The third kappa shape index (κ3) is 4.05. The van der Waals surface area contributed by atoms with Gasteiger partial charge in [0.25, 0.3) is 5.91 Å². The molecule has 29 heavy (non-hydrogen) atoms. The standard InChI is InChI=1S/C22H21FN4O2/c1-13(12-28)26-21-8-16-7-14(5-6-15(16)10-24-21)22(29)25-11-17-9-18-19(23)3-2-4-20(18)27-17/h2-10,13,27-28H,11-12H2,1H3,(H,24,26)(H,25,29)/t13-/m0/s1. The van der Waals surface area contributed by atoms with Crippen molar-refractivity contribution in [2.24, 2.45) is 0 Å². The van der Waals surface area contributed by atoms with Crippen LogP contribution in [0, 0.1) is 5.82 Å². The van der Waals surface area contributed by atoms with Gasteiger partial charge in [-0.15, -0.1) is 0 Å². The van der Waals surface area contributed by atoms with E-state index in [-0.39, 0.29) is 30.9 Å². The summed E-state index contributed by atoms with van der Waals surface area (Å²) in [7, 11) is 0. The van der Waals surface area contributed by atoms with Gasteiger partial charge in [0.2, 0.25) is 0 Å². The lowest BCUT2D eigenvalue weighted by Gasteiger charge is -2.12. The highest BCUT2D eigenvalue weighted by atomic mass is 19.1. The molecule has 0 saturated heterocycles. The van der Waals surface area contributed by atoms with Crippen molar-refractivity contribution in [3.8, 4) is 0 Å². The number of nitrogens with one attached hydrogen (secondary N) is 3. The first-order chi connectivity index (χ1) is 14.0. The Morgan fingerprint density at radius 2 is 2.07 bits per heavy atom. The number of carbonyl (C=O) groups excluding carboxylic acids is 1. The van der Waals surface area contributed by atoms with Gasteiger partial charge in [-0.25, -0.2) is 9.37 Å². The largest absolute Gasteiger partial charge is 0.394 e. The fourth-order valence-electron chi connectivity index (χ4n) is 3.21. The summed E-state index contributed by atoms with van der Waals surface area (Å²) in [5, 5.41) is 17.4. The molecule has 2 aromatic carbocycles. The number of aromatic amines is 1. The van der Waals surface area contributed by atoms with E-state index in [1.165, 1.54) is 6.07 Å². The maximum Gasteiger partial charge on any atom is 0.251 e. The fourth-order valence-corrected chi connectivity index (χ4v) is 3.21. The molecular formula is C22H21FN4O2. The predicted octanol–water partition coefficient (Wildman–Crippen LogP) is 3.58. The Hall–Kier alpha value is -3.45. The van der Waals surface area contributed by atoms with Gasteiger partial charge >= 0.3 is 0 Å². The summed E-state index contributed by atoms with van der Waals surface area (Å²) in [4.78, 5) is 20.0. The van der Waals surface area contributed by atoms with E-state index in [0.717, 1.165) is 16.5 Å². The number of halogens is 1. The van der Waals surface area contributed by atoms with Crippen LogP contribution in [-0.2, 0) is 6.54 Å². The Morgan fingerprint density at radius 1 is 1.21 bits per heavy atom. The minimum Gasteiger partial charge on any atom is -0.394 e. The number of amides is 1. The third-order valence-corrected chi connectivity index (χ3v) is 4.76. The van der Waals surface area contributed by atoms with Gasteiger partial charge in [-0.2, -0.15) is 0 Å². The van der Waals surface area contributed by atoms with Gasteiger partial charge in [0.1, 0.15) is 11.6 Å². The molecule has 6 nitrogen and oxygen atoms in total. The molecule has 2 aromatic heterocycles. The number of aromatic nitrogens is 2. The summed E-state index contributed by atoms with van der Waals surface area (Å²) in [5.41, 5.74) is 1.95. The highest BCUT2D eigenvalue weighted by molar-refractivity contribution is 5.98. The molecular weight excluding hydrogens is 371 g/mol. The number of aliphatic hydroxyl groups excluding tert-OH is 1. The molecule has 0 bridgehead atoms. The number of pyridine rings is 1. The van der Waals surface area contributed by atoms with Crippen molar-refractivity contribution < 1.29 is 14.3 Å². The van der Waals surface area contributed by atoms with Crippen LogP contribution < -0.4 is 10.6 Å². The number of carbonyl (C=O) groups is 1. The summed E-state index contributed by atoms with van der Waals surface area (Å²) < 4.78 is 13.8. The normalized spacial score (nSPS) is 12.2. The van der Waals surface area contributed by atoms with E-state index in [9.17, 15) is 14.3 Å². The van der Waals surface area contributed by atoms with Crippen LogP contribution >= 0.6 is 0 Å². The van der Waals surface area contributed by atoms with Crippen LogP contribution in [0.1, 0.15) is 23.0 Å². The Balaban J connectivity index is 1.50. The average molecular weight is 392 g/mol. The van der Waals surface area contributed by atoms with Gasteiger partial charge in [0.15, 0.2) is 0 Å². The van der Waals surface area contributed by atoms with E-state index in [2.05, 4.69) is 20.6 Å². The van der Waals surface area contributed by atoms with Crippen molar-refractivity contribution in [2.75, 3.05) is 11.9 Å². The van der Waals surface area contributed by atoms with Gasteiger partial charge in [0, 0.05) is 39.8 Å². The molecule has 0 saturated carbocycles. The van der Waals surface area contributed by atoms with E-state index in [4.69, 9.17) is 0 Å². The van der Waals surface area contributed by atoms with Gasteiger partial charge in [-0.1, -0.05) is 12.1 Å². The highest BCUT2D eigenvalue weighted by Gasteiger charge is 2.10. The number of H-pyrrole nitrogens is 1. The first-order valence-corrected chi connectivity index (χ1v) is 9.35.